The zero-order chi connectivity index (χ0) is 15.2. The van der Waals surface area contributed by atoms with E-state index in [0.29, 0.717) is 18.4 Å². The van der Waals surface area contributed by atoms with Crippen LogP contribution in [0.2, 0.25) is 0 Å². The van der Waals surface area contributed by atoms with Crippen LogP contribution in [-0.4, -0.2) is 67.3 Å². The van der Waals surface area contributed by atoms with Crippen molar-refractivity contribution >= 4 is 5.97 Å². The molecule has 21 heavy (non-hydrogen) atoms. The van der Waals surface area contributed by atoms with Crippen LogP contribution in [0.3, 0.4) is 0 Å². The monoisotopic (exact) mass is 292 g/mol. The molecule has 0 saturated carbocycles. The van der Waals surface area contributed by atoms with Crippen molar-refractivity contribution in [3.63, 3.8) is 0 Å². The van der Waals surface area contributed by atoms with Crippen LogP contribution in [0.5, 0.6) is 5.75 Å². The first-order valence-corrected chi connectivity index (χ1v) is 7.42. The van der Waals surface area contributed by atoms with Gasteiger partial charge in [-0.3, -0.25) is 4.90 Å². The molecule has 0 spiro atoms. The normalized spacial score (nSPS) is 19.7. The Morgan fingerprint density at radius 3 is 2.90 bits per heavy atom. The average molecular weight is 292 g/mol. The summed E-state index contributed by atoms with van der Waals surface area (Å²) in [5.41, 5.74) is 0.224. The van der Waals surface area contributed by atoms with Gasteiger partial charge in [-0.2, -0.15) is 0 Å². The minimum atomic E-state index is -0.948. The molecule has 0 aromatic heterocycles. The van der Waals surface area contributed by atoms with Crippen molar-refractivity contribution in [2.24, 2.45) is 0 Å². The zero-order valence-corrected chi connectivity index (χ0v) is 12.8. The molecule has 1 aromatic carbocycles. The Labute approximate surface area is 126 Å². The van der Waals surface area contributed by atoms with Crippen molar-refractivity contribution in [2.45, 2.75) is 18.9 Å². The highest BCUT2D eigenvalue weighted by atomic mass is 16.5. The number of carboxylic acid groups (broad SMARTS) is 1. The fourth-order valence-corrected chi connectivity index (χ4v) is 2.71. The molecule has 0 amide bonds. The Bertz CT molecular complexity index is 476. The molecule has 5 nitrogen and oxygen atoms in total. The van der Waals surface area contributed by atoms with Crippen LogP contribution < -0.4 is 4.74 Å². The number of hydrogen-bond acceptors (Lipinski definition) is 4. The second kappa shape index (κ2) is 7.43. The maximum atomic E-state index is 11.1. The molecule has 1 aliphatic rings. The van der Waals surface area contributed by atoms with E-state index < -0.39 is 5.97 Å². The molecule has 1 unspecified atom stereocenters. The van der Waals surface area contributed by atoms with Gasteiger partial charge in [0.15, 0.2) is 0 Å². The average Bonchev–Trinajstić information content (AvgIpc) is 2.48. The quantitative estimate of drug-likeness (QED) is 0.866. The highest BCUT2D eigenvalue weighted by molar-refractivity contribution is 5.90. The van der Waals surface area contributed by atoms with Crippen LogP contribution in [0.1, 0.15) is 23.2 Å². The second-order valence-electron chi connectivity index (χ2n) is 5.71. The number of likely N-dealkylation sites (N-methyl/N-ethyl adjacent to an activating group) is 1. The summed E-state index contributed by atoms with van der Waals surface area (Å²) in [5, 5.41) is 9.11. The predicted molar refractivity (Wildman–Crippen MR) is 82.0 cm³/mol. The van der Waals surface area contributed by atoms with Crippen LogP contribution in [0, 0.1) is 0 Å². The minimum Gasteiger partial charge on any atom is -0.491 e. The van der Waals surface area contributed by atoms with Crippen LogP contribution in [0.25, 0.3) is 0 Å². The number of piperidine rings is 1. The molecule has 1 aromatic rings. The Hall–Kier alpha value is -1.59. The van der Waals surface area contributed by atoms with E-state index in [1.165, 1.54) is 12.8 Å². The lowest BCUT2D eigenvalue weighted by molar-refractivity contribution is 0.0690. The van der Waals surface area contributed by atoms with Gasteiger partial charge in [0.05, 0.1) is 0 Å². The summed E-state index contributed by atoms with van der Waals surface area (Å²) in [6.45, 7) is 3.49. The standard InChI is InChI=1S/C16H24N2O3/c1-17(2)13-6-5-9-18(12-13)10-11-21-15-8-4-3-7-14(15)16(19)20/h3-4,7-8,13H,5-6,9-12H2,1-2H3,(H,19,20). The topological polar surface area (TPSA) is 53.0 Å². The van der Waals surface area contributed by atoms with Gasteiger partial charge in [-0.05, 0) is 45.6 Å². The SMILES string of the molecule is CN(C)C1CCCN(CCOc2ccccc2C(=O)O)C1. The van der Waals surface area contributed by atoms with Gasteiger partial charge >= 0.3 is 5.97 Å². The lowest BCUT2D eigenvalue weighted by Gasteiger charge is -2.36. The van der Waals surface area contributed by atoms with E-state index in [9.17, 15) is 4.79 Å². The third-order valence-corrected chi connectivity index (χ3v) is 3.99. The van der Waals surface area contributed by atoms with E-state index in [-0.39, 0.29) is 5.56 Å². The lowest BCUT2D eigenvalue weighted by Crippen LogP contribution is -2.46. The van der Waals surface area contributed by atoms with E-state index >= 15 is 0 Å². The Kier molecular flexibility index (Phi) is 5.59. The molecular weight excluding hydrogens is 268 g/mol. The third-order valence-electron chi connectivity index (χ3n) is 3.99. The van der Waals surface area contributed by atoms with Crippen molar-refractivity contribution in [3.8, 4) is 5.75 Å². The van der Waals surface area contributed by atoms with Gasteiger partial charge in [-0.15, -0.1) is 0 Å². The van der Waals surface area contributed by atoms with Gasteiger partial charge in [0.1, 0.15) is 17.9 Å². The number of carbonyl (C=O) groups is 1. The van der Waals surface area contributed by atoms with Crippen LogP contribution in [0.15, 0.2) is 24.3 Å². The van der Waals surface area contributed by atoms with Crippen molar-refractivity contribution < 1.29 is 14.6 Å². The second-order valence-corrected chi connectivity index (χ2v) is 5.71. The van der Waals surface area contributed by atoms with Crippen LogP contribution in [-0.2, 0) is 0 Å². The molecule has 116 valence electrons. The Balaban J connectivity index is 1.83. The Morgan fingerprint density at radius 1 is 1.43 bits per heavy atom. The number of para-hydroxylation sites is 1. The van der Waals surface area contributed by atoms with Crippen LogP contribution >= 0.6 is 0 Å². The molecule has 0 aliphatic carbocycles. The van der Waals surface area contributed by atoms with E-state index in [1.807, 2.05) is 0 Å². The number of likely N-dealkylation sites (tertiary alicyclic amines) is 1. The van der Waals surface area contributed by atoms with Crippen LogP contribution in [0.4, 0.5) is 0 Å². The van der Waals surface area contributed by atoms with Crippen molar-refractivity contribution in [1.82, 2.24) is 9.80 Å². The summed E-state index contributed by atoms with van der Waals surface area (Å²) in [6, 6.07) is 7.39. The number of rotatable bonds is 6. The maximum absolute atomic E-state index is 11.1. The van der Waals surface area contributed by atoms with Crippen molar-refractivity contribution in [1.29, 1.82) is 0 Å². The first-order chi connectivity index (χ1) is 10.1. The largest absolute Gasteiger partial charge is 0.491 e. The highest BCUT2D eigenvalue weighted by Gasteiger charge is 2.21. The van der Waals surface area contributed by atoms with E-state index in [4.69, 9.17) is 9.84 Å². The van der Waals surface area contributed by atoms with Gasteiger partial charge in [-0.25, -0.2) is 4.79 Å². The minimum absolute atomic E-state index is 0.224. The summed E-state index contributed by atoms with van der Waals surface area (Å²) in [7, 11) is 4.24. The molecule has 1 heterocycles. The van der Waals surface area contributed by atoms with Gasteiger partial charge in [0.2, 0.25) is 0 Å². The number of nitrogens with zero attached hydrogens (tertiary/aromatic N) is 2. The molecule has 5 heteroatoms. The number of aromatic carboxylic acids is 1. The molecule has 1 atom stereocenters. The number of benzene rings is 1. The van der Waals surface area contributed by atoms with Gasteiger partial charge in [0, 0.05) is 19.1 Å². The first kappa shape index (κ1) is 15.8. The smallest absolute Gasteiger partial charge is 0.339 e. The van der Waals surface area contributed by atoms with E-state index in [0.717, 1.165) is 19.6 Å². The molecule has 1 fully saturated rings. The van der Waals surface area contributed by atoms with E-state index in [2.05, 4.69) is 23.9 Å². The first-order valence-electron chi connectivity index (χ1n) is 7.42. The lowest BCUT2D eigenvalue weighted by atomic mass is 10.1. The summed E-state index contributed by atoms with van der Waals surface area (Å²) in [4.78, 5) is 15.8. The molecule has 1 N–H and O–H groups in total. The molecule has 2 rings (SSSR count). The zero-order valence-electron chi connectivity index (χ0n) is 12.8. The van der Waals surface area contributed by atoms with E-state index in [1.54, 1.807) is 24.3 Å². The third kappa shape index (κ3) is 4.44. The van der Waals surface area contributed by atoms with Gasteiger partial charge in [-0.1, -0.05) is 12.1 Å². The number of hydrogen-bond donors (Lipinski definition) is 1. The highest BCUT2D eigenvalue weighted by Crippen LogP contribution is 2.18. The maximum Gasteiger partial charge on any atom is 0.339 e. The van der Waals surface area contributed by atoms with Gasteiger partial charge < -0.3 is 14.7 Å². The number of ether oxygens (including phenoxy) is 1. The van der Waals surface area contributed by atoms with Crippen molar-refractivity contribution in [2.75, 3.05) is 40.3 Å². The van der Waals surface area contributed by atoms with Gasteiger partial charge in [0.25, 0.3) is 0 Å². The fraction of sp³-hybridized carbons (Fsp3) is 0.562. The Morgan fingerprint density at radius 2 is 2.19 bits per heavy atom. The molecule has 1 saturated heterocycles. The summed E-state index contributed by atoms with van der Waals surface area (Å²) in [5.74, 6) is -0.498. The fourth-order valence-electron chi connectivity index (χ4n) is 2.71. The summed E-state index contributed by atoms with van der Waals surface area (Å²) in [6.07, 6.45) is 2.45. The molecule has 0 bridgehead atoms. The predicted octanol–water partition coefficient (Wildman–Crippen LogP) is 1.79. The van der Waals surface area contributed by atoms with Crippen molar-refractivity contribution in [3.05, 3.63) is 29.8 Å². The summed E-state index contributed by atoms with van der Waals surface area (Å²) >= 11 is 0. The molecular formula is C16H24N2O3. The number of carboxylic acids is 1. The molecule has 1 aliphatic heterocycles. The summed E-state index contributed by atoms with van der Waals surface area (Å²) < 4.78 is 5.66. The molecule has 0 radical (unpaired) electrons.